The molecule has 1 aromatic rings. The van der Waals surface area contributed by atoms with Gasteiger partial charge < -0.3 is 21.1 Å². The number of anilines is 1. The summed E-state index contributed by atoms with van der Waals surface area (Å²) < 4.78 is 4.84. The van der Waals surface area contributed by atoms with Crippen molar-refractivity contribution in [3.8, 4) is 0 Å². The fourth-order valence-electron chi connectivity index (χ4n) is 1.66. The van der Waals surface area contributed by atoms with Crippen LogP contribution in [0.4, 0.5) is 5.69 Å². The molecule has 124 valence electrons. The van der Waals surface area contributed by atoms with Crippen molar-refractivity contribution in [2.75, 3.05) is 25.6 Å². The first-order valence-electron chi connectivity index (χ1n) is 6.88. The van der Waals surface area contributed by atoms with Gasteiger partial charge in [-0.2, -0.15) is 0 Å². The molecule has 0 aliphatic heterocycles. The van der Waals surface area contributed by atoms with Crippen molar-refractivity contribution in [3.05, 3.63) is 29.8 Å². The molecule has 6 nitrogen and oxygen atoms in total. The average Bonchev–Trinajstić information content (AvgIpc) is 2.45. The van der Waals surface area contributed by atoms with Crippen molar-refractivity contribution >= 4 is 29.9 Å². The number of nitrogens with two attached hydrogens (primary N) is 1. The molecule has 2 amide bonds. The first kappa shape index (κ1) is 20.4. The van der Waals surface area contributed by atoms with E-state index in [9.17, 15) is 9.59 Å². The summed E-state index contributed by atoms with van der Waals surface area (Å²) in [5.74, 6) is -0.258. The van der Waals surface area contributed by atoms with Crippen LogP contribution in [0.25, 0.3) is 0 Å². The molecule has 0 fully saturated rings. The predicted molar refractivity (Wildman–Crippen MR) is 89.3 cm³/mol. The zero-order chi connectivity index (χ0) is 15.8. The topological polar surface area (TPSA) is 93.4 Å². The van der Waals surface area contributed by atoms with E-state index >= 15 is 0 Å². The molecule has 1 atom stereocenters. The summed E-state index contributed by atoms with van der Waals surface area (Å²) in [7, 11) is 1.47. The van der Waals surface area contributed by atoms with E-state index in [1.54, 1.807) is 24.3 Å². The van der Waals surface area contributed by atoms with E-state index in [2.05, 4.69) is 10.6 Å². The number of methoxy groups -OCH3 is 1. The molecule has 0 radical (unpaired) electrons. The molecular weight excluding hydrogens is 306 g/mol. The second kappa shape index (κ2) is 10.2. The van der Waals surface area contributed by atoms with Gasteiger partial charge in [-0.05, 0) is 18.1 Å². The number of carbonyl (C=O) groups is 2. The van der Waals surface area contributed by atoms with Gasteiger partial charge in [-0.15, -0.1) is 12.4 Å². The van der Waals surface area contributed by atoms with Crippen LogP contribution in [0.5, 0.6) is 0 Å². The van der Waals surface area contributed by atoms with E-state index in [-0.39, 0.29) is 30.8 Å². The Morgan fingerprint density at radius 1 is 1.27 bits per heavy atom. The maximum absolute atomic E-state index is 12.1. The SMILES string of the molecule is COCC(N)C(=O)Nc1ccccc1C(=O)NCC(C)C.Cl. The number of amides is 2. The molecule has 0 aliphatic rings. The van der Waals surface area contributed by atoms with E-state index in [4.69, 9.17) is 10.5 Å². The first-order chi connectivity index (χ1) is 9.95. The van der Waals surface area contributed by atoms with Gasteiger partial charge in [0.25, 0.3) is 5.91 Å². The van der Waals surface area contributed by atoms with E-state index < -0.39 is 6.04 Å². The van der Waals surface area contributed by atoms with Crippen molar-refractivity contribution < 1.29 is 14.3 Å². The number of ether oxygens (including phenoxy) is 1. The van der Waals surface area contributed by atoms with Crippen LogP contribution in [0.2, 0.25) is 0 Å². The zero-order valence-electron chi connectivity index (χ0n) is 13.1. The molecule has 1 rings (SSSR count). The Labute approximate surface area is 137 Å². The summed E-state index contributed by atoms with van der Waals surface area (Å²) >= 11 is 0. The Balaban J connectivity index is 0.00000441. The number of halogens is 1. The van der Waals surface area contributed by atoms with E-state index in [0.29, 0.717) is 23.7 Å². The predicted octanol–water partition coefficient (Wildman–Crippen LogP) is 1.41. The third kappa shape index (κ3) is 6.43. The molecule has 1 unspecified atom stereocenters. The summed E-state index contributed by atoms with van der Waals surface area (Å²) in [5, 5.41) is 5.48. The first-order valence-corrected chi connectivity index (χ1v) is 6.88. The Bertz CT molecular complexity index is 495. The van der Waals surface area contributed by atoms with Gasteiger partial charge in [0.2, 0.25) is 5.91 Å². The van der Waals surface area contributed by atoms with Crippen LogP contribution in [0.15, 0.2) is 24.3 Å². The van der Waals surface area contributed by atoms with Crippen molar-refractivity contribution in [2.45, 2.75) is 19.9 Å². The van der Waals surface area contributed by atoms with Gasteiger partial charge in [0, 0.05) is 13.7 Å². The van der Waals surface area contributed by atoms with Gasteiger partial charge in [-0.1, -0.05) is 26.0 Å². The molecule has 0 saturated carbocycles. The van der Waals surface area contributed by atoms with Crippen molar-refractivity contribution in [2.24, 2.45) is 11.7 Å². The minimum Gasteiger partial charge on any atom is -0.383 e. The highest BCUT2D eigenvalue weighted by atomic mass is 35.5. The number of benzene rings is 1. The lowest BCUT2D eigenvalue weighted by atomic mass is 10.1. The number of hydrogen-bond donors (Lipinski definition) is 3. The molecule has 22 heavy (non-hydrogen) atoms. The molecule has 0 aromatic heterocycles. The maximum atomic E-state index is 12.1. The molecule has 4 N–H and O–H groups in total. The van der Waals surface area contributed by atoms with Crippen LogP contribution in [-0.4, -0.2) is 38.1 Å². The normalized spacial score (nSPS) is 11.5. The number of hydrogen-bond acceptors (Lipinski definition) is 4. The van der Waals surface area contributed by atoms with Crippen LogP contribution in [0.1, 0.15) is 24.2 Å². The molecule has 0 heterocycles. The van der Waals surface area contributed by atoms with Gasteiger partial charge in [0.1, 0.15) is 6.04 Å². The lowest BCUT2D eigenvalue weighted by Gasteiger charge is -2.15. The standard InChI is InChI=1S/C15H23N3O3.ClH/c1-10(2)8-17-14(19)11-6-4-5-7-13(11)18-15(20)12(16)9-21-3;/h4-7,10,12H,8-9,16H2,1-3H3,(H,17,19)(H,18,20);1H. The molecule has 7 heteroatoms. The number of rotatable bonds is 7. The Morgan fingerprint density at radius 2 is 1.91 bits per heavy atom. The lowest BCUT2D eigenvalue weighted by Crippen LogP contribution is -2.39. The monoisotopic (exact) mass is 329 g/mol. The third-order valence-corrected chi connectivity index (χ3v) is 2.78. The quantitative estimate of drug-likeness (QED) is 0.705. The largest absolute Gasteiger partial charge is 0.383 e. The van der Waals surface area contributed by atoms with Gasteiger partial charge in [0.15, 0.2) is 0 Å². The Morgan fingerprint density at radius 3 is 2.50 bits per heavy atom. The van der Waals surface area contributed by atoms with Crippen LogP contribution >= 0.6 is 12.4 Å². The van der Waals surface area contributed by atoms with Gasteiger partial charge in [-0.3, -0.25) is 9.59 Å². The summed E-state index contributed by atoms with van der Waals surface area (Å²) in [4.78, 5) is 24.0. The number of carbonyl (C=O) groups excluding carboxylic acids is 2. The van der Waals surface area contributed by atoms with Crippen LogP contribution in [0.3, 0.4) is 0 Å². The van der Waals surface area contributed by atoms with Crippen LogP contribution in [0, 0.1) is 5.92 Å². The van der Waals surface area contributed by atoms with Gasteiger partial charge >= 0.3 is 0 Å². The summed E-state index contributed by atoms with van der Waals surface area (Å²) in [5.41, 5.74) is 6.52. The van der Waals surface area contributed by atoms with E-state index in [1.807, 2.05) is 13.8 Å². The minimum atomic E-state index is -0.776. The summed E-state index contributed by atoms with van der Waals surface area (Å²) in [6.07, 6.45) is 0. The highest BCUT2D eigenvalue weighted by Crippen LogP contribution is 2.15. The molecule has 0 aliphatic carbocycles. The molecule has 1 aromatic carbocycles. The Hall–Kier alpha value is -1.63. The second-order valence-electron chi connectivity index (χ2n) is 5.20. The zero-order valence-corrected chi connectivity index (χ0v) is 13.9. The van der Waals surface area contributed by atoms with Crippen molar-refractivity contribution in [3.63, 3.8) is 0 Å². The van der Waals surface area contributed by atoms with Crippen LogP contribution < -0.4 is 16.4 Å². The number of para-hydroxylation sites is 1. The number of nitrogens with one attached hydrogen (secondary N) is 2. The second-order valence-corrected chi connectivity index (χ2v) is 5.20. The fraction of sp³-hybridized carbons (Fsp3) is 0.467. The Kier molecular flexibility index (Phi) is 9.40. The highest BCUT2D eigenvalue weighted by molar-refractivity contribution is 6.04. The van der Waals surface area contributed by atoms with Crippen LogP contribution in [-0.2, 0) is 9.53 Å². The fourth-order valence-corrected chi connectivity index (χ4v) is 1.66. The molecule has 0 spiro atoms. The van der Waals surface area contributed by atoms with Crippen molar-refractivity contribution in [1.82, 2.24) is 5.32 Å². The van der Waals surface area contributed by atoms with Crippen molar-refractivity contribution in [1.29, 1.82) is 0 Å². The molecule has 0 saturated heterocycles. The average molecular weight is 330 g/mol. The summed E-state index contributed by atoms with van der Waals surface area (Å²) in [6.45, 7) is 4.72. The smallest absolute Gasteiger partial charge is 0.253 e. The van der Waals surface area contributed by atoms with E-state index in [1.165, 1.54) is 7.11 Å². The highest BCUT2D eigenvalue weighted by Gasteiger charge is 2.17. The maximum Gasteiger partial charge on any atom is 0.253 e. The minimum absolute atomic E-state index is 0. The molecule has 0 bridgehead atoms. The van der Waals surface area contributed by atoms with Gasteiger partial charge in [-0.25, -0.2) is 0 Å². The van der Waals surface area contributed by atoms with Gasteiger partial charge in [0.05, 0.1) is 17.9 Å². The lowest BCUT2D eigenvalue weighted by molar-refractivity contribution is -0.118. The summed E-state index contributed by atoms with van der Waals surface area (Å²) in [6, 6.07) is 6.04. The molecular formula is C15H24ClN3O3. The third-order valence-electron chi connectivity index (χ3n) is 2.78. The van der Waals surface area contributed by atoms with E-state index in [0.717, 1.165) is 0 Å².